The van der Waals surface area contributed by atoms with Gasteiger partial charge in [0.2, 0.25) is 0 Å². The predicted molar refractivity (Wildman–Crippen MR) is 155 cm³/mol. The number of likely N-dealkylation sites (N-methyl/N-ethyl adjacent to an activating group) is 2. The monoisotopic (exact) mass is 575 g/mol. The molecular weight excluding hydrogens is 514 g/mol. The largest absolute Gasteiger partial charge is 0.322 e. The van der Waals surface area contributed by atoms with Gasteiger partial charge in [0.25, 0.3) is 0 Å². The van der Waals surface area contributed by atoms with Crippen molar-refractivity contribution in [3.8, 4) is 0 Å². The summed E-state index contributed by atoms with van der Waals surface area (Å²) in [6.07, 6.45) is 7.87. The Morgan fingerprint density at radius 3 is 1.35 bits per heavy atom. The molecule has 31 heavy (non-hydrogen) atoms. The average molecular weight is 578 g/mol. The summed E-state index contributed by atoms with van der Waals surface area (Å²) in [4.78, 5) is 0. The molecule has 5 heteroatoms. The van der Waals surface area contributed by atoms with Gasteiger partial charge in [-0.1, -0.05) is 79.3 Å². The van der Waals surface area contributed by atoms with Crippen LogP contribution in [0.5, 0.6) is 0 Å². The quantitative estimate of drug-likeness (QED) is 0.155. The van der Waals surface area contributed by atoms with E-state index in [1.54, 1.807) is 0 Å². The average Bonchev–Trinajstić information content (AvgIpc) is 2.78. The molecule has 0 aromatic carbocycles. The number of hydrogen-bond donors (Lipinski definition) is 1. The Morgan fingerprint density at radius 1 is 0.613 bits per heavy atom. The Hall–Kier alpha value is 0.840. The second kappa shape index (κ2) is 30.8. The highest BCUT2D eigenvalue weighted by atomic mass is 79.9. The van der Waals surface area contributed by atoms with E-state index in [1.165, 1.54) is 93.3 Å². The Balaban J connectivity index is -0.000000228. The van der Waals surface area contributed by atoms with Crippen molar-refractivity contribution in [1.29, 1.82) is 0 Å². The molecule has 0 amide bonds. The maximum absolute atomic E-state index is 3.31. The fourth-order valence-electron chi connectivity index (χ4n) is 3.15. The number of nitrogens with one attached hydrogen (secondary N) is 1. The van der Waals surface area contributed by atoms with Crippen molar-refractivity contribution < 1.29 is 8.97 Å². The lowest BCUT2D eigenvalue weighted by Gasteiger charge is -2.41. The van der Waals surface area contributed by atoms with Crippen molar-refractivity contribution in [3.63, 3.8) is 0 Å². The third kappa shape index (κ3) is 28.8. The van der Waals surface area contributed by atoms with Crippen molar-refractivity contribution in [2.24, 2.45) is 0 Å². The Labute approximate surface area is 216 Å². The van der Waals surface area contributed by atoms with E-state index in [4.69, 9.17) is 0 Å². The lowest BCUT2D eigenvalue weighted by atomic mass is 10.2. The molecule has 0 bridgehead atoms. The topological polar surface area (TPSA) is 12.0 Å². The van der Waals surface area contributed by atoms with Gasteiger partial charge >= 0.3 is 0 Å². The summed E-state index contributed by atoms with van der Waals surface area (Å²) in [6.45, 7) is 28.5. The molecule has 194 valence electrons. The number of alkyl halides is 2. The van der Waals surface area contributed by atoms with E-state index in [1.807, 2.05) is 14.0 Å². The molecule has 0 aliphatic heterocycles. The van der Waals surface area contributed by atoms with Crippen molar-refractivity contribution in [2.75, 3.05) is 77.1 Å². The second-order valence-corrected chi connectivity index (χ2v) is 10.5. The molecule has 0 radical (unpaired) electrons. The van der Waals surface area contributed by atoms with Crippen LogP contribution < -0.4 is 5.32 Å². The maximum atomic E-state index is 3.31. The highest BCUT2D eigenvalue weighted by Crippen LogP contribution is 2.13. The van der Waals surface area contributed by atoms with Crippen molar-refractivity contribution in [3.05, 3.63) is 0 Å². The van der Waals surface area contributed by atoms with Gasteiger partial charge in [-0.2, -0.15) is 0 Å². The first kappa shape index (κ1) is 39.1. The van der Waals surface area contributed by atoms with E-state index in [2.05, 4.69) is 92.7 Å². The van der Waals surface area contributed by atoms with Crippen LogP contribution in [0.4, 0.5) is 0 Å². The zero-order valence-electron chi connectivity index (χ0n) is 23.5. The van der Waals surface area contributed by atoms with Crippen LogP contribution in [0, 0.1) is 0 Å². The number of unbranched alkanes of at least 4 members (excludes halogenated alkanes) is 2. The summed E-state index contributed by atoms with van der Waals surface area (Å²) in [7, 11) is 4.37. The van der Waals surface area contributed by atoms with E-state index in [0.29, 0.717) is 0 Å². The van der Waals surface area contributed by atoms with Gasteiger partial charge in [0, 0.05) is 10.7 Å². The number of nitrogens with zero attached hydrogens (tertiary/aromatic N) is 2. The van der Waals surface area contributed by atoms with Gasteiger partial charge in [-0.3, -0.25) is 0 Å². The van der Waals surface area contributed by atoms with Crippen LogP contribution in [-0.2, 0) is 0 Å². The number of quaternary nitrogens is 2. The first-order valence-corrected chi connectivity index (χ1v) is 15.4. The van der Waals surface area contributed by atoms with Gasteiger partial charge in [0.1, 0.15) is 13.1 Å². The molecule has 0 heterocycles. The molecule has 1 unspecified atom stereocenters. The molecule has 0 spiro atoms. The van der Waals surface area contributed by atoms with Crippen molar-refractivity contribution in [2.45, 2.75) is 93.9 Å². The van der Waals surface area contributed by atoms with E-state index in [-0.39, 0.29) is 0 Å². The summed E-state index contributed by atoms with van der Waals surface area (Å²) in [5, 5.41) is 5.24. The van der Waals surface area contributed by atoms with Gasteiger partial charge in [0.15, 0.2) is 0 Å². The van der Waals surface area contributed by atoms with Gasteiger partial charge in [-0.05, 0) is 60.0 Å². The Morgan fingerprint density at radius 2 is 1.13 bits per heavy atom. The van der Waals surface area contributed by atoms with Crippen LogP contribution in [0.1, 0.15) is 93.9 Å². The van der Waals surface area contributed by atoms with Crippen LogP contribution in [0.3, 0.4) is 0 Å². The second-order valence-electron chi connectivity index (χ2n) is 8.57. The minimum Gasteiger partial charge on any atom is -0.322 e. The minimum atomic E-state index is 1.06. The molecule has 1 atom stereocenters. The zero-order valence-corrected chi connectivity index (χ0v) is 26.6. The van der Waals surface area contributed by atoms with Crippen molar-refractivity contribution in [1.82, 2.24) is 5.32 Å². The third-order valence-electron chi connectivity index (χ3n) is 5.98. The van der Waals surface area contributed by atoms with E-state index in [9.17, 15) is 0 Å². The molecule has 0 aliphatic carbocycles. The van der Waals surface area contributed by atoms with E-state index < -0.39 is 0 Å². The normalized spacial score (nSPS) is 12.4. The molecule has 0 aromatic heterocycles. The third-order valence-corrected chi connectivity index (χ3v) is 6.54. The lowest BCUT2D eigenvalue weighted by Crippen LogP contribution is -2.56. The van der Waals surface area contributed by atoms with Crippen molar-refractivity contribution >= 4 is 31.9 Å². The smallest absolute Gasteiger partial charge is 0.128 e. The molecule has 0 aromatic rings. The SMILES string of the molecule is CCBr.CCCCBr.CCCC[N+](CC)(CCC)CC[N+](C)(CC)CC.CCCNC. The fraction of sp³-hybridized carbons (Fsp3) is 1.00. The summed E-state index contributed by atoms with van der Waals surface area (Å²) in [5.41, 5.74) is 0. The van der Waals surface area contributed by atoms with Gasteiger partial charge in [0.05, 0.1) is 39.8 Å². The highest BCUT2D eigenvalue weighted by molar-refractivity contribution is 9.09. The standard InChI is InChI=1S/C16H38N2.C4H9Br.C4H11N.C2H5Br/c1-7-12-14-18(11-5,13-8-2)16-15-17(6,9-3)10-4;1-2-3-4-5;1-3-4-5-2;1-2-3/h7-16H2,1-6H3;2-4H2,1H3;5H,3-4H2,1-2H3;2H2,1H3/q+2;;;. The molecule has 1 N–H and O–H groups in total. The van der Waals surface area contributed by atoms with E-state index in [0.717, 1.165) is 17.2 Å². The number of halogens is 2. The Bertz CT molecular complexity index is 290. The Kier molecular flexibility index (Phi) is 38.9. The molecule has 3 nitrogen and oxygen atoms in total. The molecule has 0 fully saturated rings. The molecule has 0 saturated heterocycles. The summed E-state index contributed by atoms with van der Waals surface area (Å²) in [5.74, 6) is 0. The first-order valence-electron chi connectivity index (χ1n) is 13.2. The van der Waals surface area contributed by atoms with Crippen LogP contribution in [0.15, 0.2) is 0 Å². The predicted octanol–water partition coefficient (Wildman–Crippen LogP) is 7.72. The van der Waals surface area contributed by atoms with Gasteiger partial charge < -0.3 is 14.3 Å². The van der Waals surface area contributed by atoms with Gasteiger partial charge in [-0.25, -0.2) is 0 Å². The maximum Gasteiger partial charge on any atom is 0.128 e. The lowest BCUT2D eigenvalue weighted by molar-refractivity contribution is -0.971. The van der Waals surface area contributed by atoms with Crippen LogP contribution in [0.25, 0.3) is 0 Å². The van der Waals surface area contributed by atoms with Gasteiger partial charge in [-0.15, -0.1) is 0 Å². The fourth-order valence-corrected chi connectivity index (χ4v) is 3.72. The van der Waals surface area contributed by atoms with Crippen LogP contribution in [-0.4, -0.2) is 86.1 Å². The molecule has 0 rings (SSSR count). The summed E-state index contributed by atoms with van der Waals surface area (Å²) in [6, 6.07) is 0. The minimum absolute atomic E-state index is 1.06. The molecule has 0 aliphatic rings. The first-order chi connectivity index (χ1) is 14.8. The summed E-state index contributed by atoms with van der Waals surface area (Å²) < 4.78 is 2.58. The number of rotatable bonds is 15. The summed E-state index contributed by atoms with van der Waals surface area (Å²) >= 11 is 6.46. The number of hydrogen-bond acceptors (Lipinski definition) is 1. The van der Waals surface area contributed by atoms with E-state index >= 15 is 0 Å². The molecule has 0 saturated carbocycles. The zero-order chi connectivity index (χ0) is 25.0. The molecular formula is C26H63Br2N3+2. The van der Waals surface area contributed by atoms with Crippen LogP contribution in [0.2, 0.25) is 0 Å². The van der Waals surface area contributed by atoms with Crippen LogP contribution >= 0.6 is 31.9 Å². The highest BCUT2D eigenvalue weighted by Gasteiger charge is 2.28.